The average molecular weight is 217 g/mol. The van der Waals surface area contributed by atoms with Crippen molar-refractivity contribution in [2.45, 2.75) is 25.3 Å². The molecule has 3 nitrogen and oxygen atoms in total. The summed E-state index contributed by atoms with van der Waals surface area (Å²) in [5.41, 5.74) is -1.22. The van der Waals surface area contributed by atoms with Gasteiger partial charge >= 0.3 is 6.16 Å². The van der Waals surface area contributed by atoms with Crippen LogP contribution in [0.2, 0.25) is 0 Å². The molecule has 2 unspecified atom stereocenters. The van der Waals surface area contributed by atoms with Gasteiger partial charge in [0.05, 0.1) is 0 Å². The summed E-state index contributed by atoms with van der Waals surface area (Å²) in [6.45, 7) is 1.96. The van der Waals surface area contributed by atoms with Crippen molar-refractivity contribution in [2.75, 3.05) is 0 Å². The van der Waals surface area contributed by atoms with Crippen molar-refractivity contribution < 1.29 is 14.6 Å². The minimum atomic E-state index is -1.33. The van der Waals surface area contributed by atoms with E-state index >= 15 is 0 Å². The zero-order valence-corrected chi connectivity index (χ0v) is 8.70. The SMILES string of the molecule is CCC1(C(Cl)OC(=O)O)C=CC=CC1. The van der Waals surface area contributed by atoms with Gasteiger partial charge in [-0.05, 0) is 12.8 Å². The molecule has 2 atom stereocenters. The fourth-order valence-corrected chi connectivity index (χ4v) is 1.87. The van der Waals surface area contributed by atoms with Gasteiger partial charge in [0.2, 0.25) is 0 Å². The van der Waals surface area contributed by atoms with Gasteiger partial charge in [0, 0.05) is 5.41 Å². The molecule has 0 bridgehead atoms. The number of carboxylic acid groups (broad SMARTS) is 1. The molecule has 0 aromatic carbocycles. The Balaban J connectivity index is 2.74. The second-order valence-electron chi connectivity index (χ2n) is 3.28. The molecule has 0 fully saturated rings. The van der Waals surface area contributed by atoms with E-state index in [-0.39, 0.29) is 0 Å². The van der Waals surface area contributed by atoms with E-state index in [4.69, 9.17) is 16.7 Å². The molecule has 0 spiro atoms. The number of halogens is 1. The predicted molar refractivity (Wildman–Crippen MR) is 54.4 cm³/mol. The van der Waals surface area contributed by atoms with Gasteiger partial charge in [-0.1, -0.05) is 42.8 Å². The molecule has 1 rings (SSSR count). The van der Waals surface area contributed by atoms with Gasteiger partial charge in [-0.2, -0.15) is 0 Å². The summed E-state index contributed by atoms with van der Waals surface area (Å²) in [5, 5.41) is 8.48. The van der Waals surface area contributed by atoms with Crippen molar-refractivity contribution in [3.63, 3.8) is 0 Å². The number of hydrogen-bond donors (Lipinski definition) is 1. The summed E-state index contributed by atoms with van der Waals surface area (Å²) in [6.07, 6.45) is 7.78. The lowest BCUT2D eigenvalue weighted by Gasteiger charge is -2.33. The Kier molecular flexibility index (Phi) is 3.58. The molecular formula is C10H13ClO3. The van der Waals surface area contributed by atoms with Gasteiger partial charge in [0.15, 0.2) is 5.56 Å². The number of rotatable bonds is 3. The van der Waals surface area contributed by atoms with E-state index in [1.54, 1.807) is 0 Å². The molecule has 0 aromatic heterocycles. The molecule has 0 saturated heterocycles. The molecule has 0 amide bonds. The summed E-state index contributed by atoms with van der Waals surface area (Å²) < 4.78 is 4.58. The smallest absolute Gasteiger partial charge is 0.450 e. The molecule has 0 heterocycles. The molecule has 78 valence electrons. The maximum atomic E-state index is 10.4. The van der Waals surface area contributed by atoms with Gasteiger partial charge in [-0.3, -0.25) is 0 Å². The first-order valence-corrected chi connectivity index (χ1v) is 4.92. The number of hydrogen-bond acceptors (Lipinski definition) is 2. The standard InChI is InChI=1S/C10H13ClO3/c1-2-10(6-4-3-5-7-10)8(11)14-9(12)13/h3-6,8H,2,7H2,1H3,(H,12,13). The predicted octanol–water partition coefficient (Wildman–Crippen LogP) is 3.16. The van der Waals surface area contributed by atoms with E-state index < -0.39 is 17.1 Å². The van der Waals surface area contributed by atoms with E-state index in [0.29, 0.717) is 6.42 Å². The van der Waals surface area contributed by atoms with Crippen LogP contribution in [0.15, 0.2) is 24.3 Å². The second-order valence-corrected chi connectivity index (χ2v) is 3.67. The number of carbonyl (C=O) groups is 1. The van der Waals surface area contributed by atoms with Gasteiger partial charge in [0.1, 0.15) is 0 Å². The van der Waals surface area contributed by atoms with Crippen molar-refractivity contribution in [2.24, 2.45) is 5.41 Å². The summed E-state index contributed by atoms with van der Waals surface area (Å²) in [5.74, 6) is 0. The highest BCUT2D eigenvalue weighted by Crippen LogP contribution is 2.38. The van der Waals surface area contributed by atoms with E-state index in [2.05, 4.69) is 4.74 Å². The van der Waals surface area contributed by atoms with Crippen LogP contribution in [0.25, 0.3) is 0 Å². The lowest BCUT2D eigenvalue weighted by atomic mass is 9.80. The maximum absolute atomic E-state index is 10.4. The third kappa shape index (κ3) is 2.29. The topological polar surface area (TPSA) is 46.5 Å². The Morgan fingerprint density at radius 3 is 2.86 bits per heavy atom. The molecule has 1 aliphatic rings. The van der Waals surface area contributed by atoms with Gasteiger partial charge < -0.3 is 9.84 Å². The summed E-state index contributed by atoms with van der Waals surface area (Å²) in [7, 11) is 0. The highest BCUT2D eigenvalue weighted by molar-refractivity contribution is 6.20. The van der Waals surface area contributed by atoms with Crippen molar-refractivity contribution >= 4 is 17.8 Å². The Morgan fingerprint density at radius 1 is 1.71 bits per heavy atom. The van der Waals surface area contributed by atoms with Crippen LogP contribution < -0.4 is 0 Å². The van der Waals surface area contributed by atoms with Crippen LogP contribution in [0.4, 0.5) is 4.79 Å². The van der Waals surface area contributed by atoms with Crippen LogP contribution in [0.1, 0.15) is 19.8 Å². The van der Waals surface area contributed by atoms with Gasteiger partial charge in [-0.25, -0.2) is 4.79 Å². The first-order valence-electron chi connectivity index (χ1n) is 4.49. The van der Waals surface area contributed by atoms with E-state index in [0.717, 1.165) is 6.42 Å². The van der Waals surface area contributed by atoms with Crippen molar-refractivity contribution in [1.29, 1.82) is 0 Å². The third-order valence-electron chi connectivity index (χ3n) is 2.49. The Bertz CT molecular complexity index is 273. The molecule has 1 N–H and O–H groups in total. The van der Waals surface area contributed by atoms with E-state index in [1.807, 2.05) is 31.2 Å². The van der Waals surface area contributed by atoms with Crippen molar-refractivity contribution in [3.8, 4) is 0 Å². The minimum absolute atomic E-state index is 0.394. The Labute approximate surface area is 88.0 Å². The first-order chi connectivity index (χ1) is 6.60. The molecule has 0 aromatic rings. The maximum Gasteiger partial charge on any atom is 0.507 e. The number of alkyl halides is 1. The highest BCUT2D eigenvalue weighted by Gasteiger charge is 2.36. The van der Waals surface area contributed by atoms with Gasteiger partial charge in [0.25, 0.3) is 0 Å². The molecule has 0 aliphatic heterocycles. The third-order valence-corrected chi connectivity index (χ3v) is 3.01. The monoisotopic (exact) mass is 216 g/mol. The van der Waals surface area contributed by atoms with E-state index in [9.17, 15) is 4.79 Å². The fraction of sp³-hybridized carbons (Fsp3) is 0.500. The lowest BCUT2D eigenvalue weighted by molar-refractivity contribution is 0.0391. The van der Waals surface area contributed by atoms with Crippen LogP contribution in [0.5, 0.6) is 0 Å². The number of ether oxygens (including phenoxy) is 1. The van der Waals surface area contributed by atoms with E-state index in [1.165, 1.54) is 0 Å². The lowest BCUT2D eigenvalue weighted by Crippen LogP contribution is -2.32. The van der Waals surface area contributed by atoms with Crippen LogP contribution in [0, 0.1) is 5.41 Å². The molecule has 0 saturated carbocycles. The molecule has 4 heteroatoms. The Hall–Kier alpha value is -0.960. The van der Waals surface area contributed by atoms with Crippen LogP contribution in [0.3, 0.4) is 0 Å². The molecular weight excluding hydrogens is 204 g/mol. The zero-order chi connectivity index (χ0) is 10.6. The fourth-order valence-electron chi connectivity index (χ4n) is 1.48. The van der Waals surface area contributed by atoms with Crippen molar-refractivity contribution in [3.05, 3.63) is 24.3 Å². The summed E-state index contributed by atoms with van der Waals surface area (Å²) >= 11 is 5.92. The van der Waals surface area contributed by atoms with Crippen LogP contribution in [-0.2, 0) is 4.74 Å². The molecule has 1 aliphatic carbocycles. The average Bonchev–Trinajstić information content (AvgIpc) is 2.18. The van der Waals surface area contributed by atoms with Crippen LogP contribution >= 0.6 is 11.6 Å². The highest BCUT2D eigenvalue weighted by atomic mass is 35.5. The molecule has 14 heavy (non-hydrogen) atoms. The van der Waals surface area contributed by atoms with Crippen molar-refractivity contribution in [1.82, 2.24) is 0 Å². The Morgan fingerprint density at radius 2 is 2.43 bits per heavy atom. The second kappa shape index (κ2) is 4.51. The summed E-state index contributed by atoms with van der Waals surface area (Å²) in [6, 6.07) is 0. The van der Waals surface area contributed by atoms with Crippen LogP contribution in [-0.4, -0.2) is 16.8 Å². The first kappa shape index (κ1) is 11.1. The zero-order valence-electron chi connectivity index (χ0n) is 7.94. The minimum Gasteiger partial charge on any atom is -0.450 e. The normalized spacial score (nSPS) is 27.3. The summed E-state index contributed by atoms with van der Waals surface area (Å²) in [4.78, 5) is 10.4. The largest absolute Gasteiger partial charge is 0.507 e. The molecule has 0 radical (unpaired) electrons. The quantitative estimate of drug-likeness (QED) is 0.582. The van der Waals surface area contributed by atoms with Gasteiger partial charge in [-0.15, -0.1) is 0 Å². The number of allylic oxidation sites excluding steroid dienone is 3.